The van der Waals surface area contributed by atoms with Gasteiger partial charge >= 0.3 is 0 Å². The van der Waals surface area contributed by atoms with Gasteiger partial charge in [-0.2, -0.15) is 0 Å². The van der Waals surface area contributed by atoms with Gasteiger partial charge < -0.3 is 15.3 Å². The number of hydrogen-bond acceptors (Lipinski definition) is 3. The first-order chi connectivity index (χ1) is 8.72. The molecule has 1 unspecified atom stereocenters. The van der Waals surface area contributed by atoms with Crippen LogP contribution >= 0.6 is 0 Å². The van der Waals surface area contributed by atoms with E-state index >= 15 is 0 Å². The van der Waals surface area contributed by atoms with Crippen LogP contribution in [-0.4, -0.2) is 48.8 Å². The Kier molecular flexibility index (Phi) is 3.41. The van der Waals surface area contributed by atoms with E-state index in [-0.39, 0.29) is 12.1 Å². The van der Waals surface area contributed by atoms with Crippen molar-refractivity contribution in [2.45, 2.75) is 50.5 Å². The van der Waals surface area contributed by atoms with Gasteiger partial charge in [0, 0.05) is 13.1 Å². The highest BCUT2D eigenvalue weighted by atomic mass is 16.3. The molecule has 2 saturated carbocycles. The first-order valence-corrected chi connectivity index (χ1v) is 7.74. The maximum atomic E-state index is 9.81. The number of nitrogens with one attached hydrogen (secondary N) is 1. The second-order valence-corrected chi connectivity index (χ2v) is 7.01. The Morgan fingerprint density at radius 3 is 2.56 bits per heavy atom. The first kappa shape index (κ1) is 12.9. The van der Waals surface area contributed by atoms with Crippen molar-refractivity contribution in [3.63, 3.8) is 0 Å². The number of hydrogen-bond donors (Lipinski definition) is 2. The van der Waals surface area contributed by atoms with E-state index in [4.69, 9.17) is 0 Å². The molecule has 0 aromatic heterocycles. The van der Waals surface area contributed by atoms with Crippen molar-refractivity contribution in [2.24, 2.45) is 11.3 Å². The van der Waals surface area contributed by atoms with E-state index in [1.165, 1.54) is 58.0 Å². The lowest BCUT2D eigenvalue weighted by Gasteiger charge is -2.36. The van der Waals surface area contributed by atoms with E-state index in [1.807, 2.05) is 7.05 Å². The van der Waals surface area contributed by atoms with Crippen molar-refractivity contribution < 1.29 is 5.11 Å². The molecule has 1 spiro atoms. The topological polar surface area (TPSA) is 35.5 Å². The zero-order valence-corrected chi connectivity index (χ0v) is 11.7. The summed E-state index contributed by atoms with van der Waals surface area (Å²) < 4.78 is 0. The van der Waals surface area contributed by atoms with Gasteiger partial charge in [0.1, 0.15) is 0 Å². The quantitative estimate of drug-likeness (QED) is 0.780. The number of aliphatic hydroxyl groups is 1. The lowest BCUT2D eigenvalue weighted by atomic mass is 9.85. The van der Waals surface area contributed by atoms with Crippen LogP contribution in [0, 0.1) is 11.3 Å². The highest BCUT2D eigenvalue weighted by molar-refractivity contribution is 5.04. The van der Waals surface area contributed by atoms with Crippen molar-refractivity contribution in [1.29, 1.82) is 0 Å². The summed E-state index contributed by atoms with van der Waals surface area (Å²) in [6.07, 6.45) is 9.74. The lowest BCUT2D eigenvalue weighted by molar-refractivity contribution is 0.101. The van der Waals surface area contributed by atoms with Crippen LogP contribution in [0.5, 0.6) is 0 Å². The van der Waals surface area contributed by atoms with Crippen molar-refractivity contribution in [3.05, 3.63) is 0 Å². The van der Waals surface area contributed by atoms with Gasteiger partial charge in [-0.1, -0.05) is 12.8 Å². The Balaban J connectivity index is 1.62. The highest BCUT2D eigenvalue weighted by Gasteiger charge is 2.47. The van der Waals surface area contributed by atoms with Crippen molar-refractivity contribution in [1.82, 2.24) is 10.2 Å². The van der Waals surface area contributed by atoms with E-state index in [1.54, 1.807) is 0 Å². The average Bonchev–Trinajstić information content (AvgIpc) is 3.05. The average molecular weight is 252 g/mol. The van der Waals surface area contributed by atoms with Gasteiger partial charge in [0.05, 0.1) is 12.1 Å². The van der Waals surface area contributed by atoms with Gasteiger partial charge in [-0.25, -0.2) is 0 Å². The number of rotatable bonds is 5. The predicted molar refractivity (Wildman–Crippen MR) is 73.6 cm³/mol. The third kappa shape index (κ3) is 2.21. The molecule has 1 aliphatic heterocycles. The molecule has 3 heteroatoms. The van der Waals surface area contributed by atoms with Gasteiger partial charge in [0.2, 0.25) is 0 Å². The third-order valence-electron chi connectivity index (χ3n) is 5.83. The van der Waals surface area contributed by atoms with Gasteiger partial charge in [-0.05, 0) is 57.0 Å². The molecule has 1 saturated heterocycles. The van der Waals surface area contributed by atoms with Crippen LogP contribution in [0.25, 0.3) is 0 Å². The second kappa shape index (κ2) is 4.77. The molecular formula is C15H28N2O. The standard InChI is InChI=1S/C15H28N2O/c1-16-15(12-18,13-4-5-13)11-17-9-8-14(10-17)6-2-3-7-14/h13,16,18H,2-12H2,1H3. The maximum absolute atomic E-state index is 9.81. The molecule has 2 N–H and O–H groups in total. The molecule has 3 fully saturated rings. The molecule has 0 amide bonds. The summed E-state index contributed by atoms with van der Waals surface area (Å²) in [5.41, 5.74) is 0.628. The fourth-order valence-corrected chi connectivity index (χ4v) is 4.40. The monoisotopic (exact) mass is 252 g/mol. The zero-order valence-electron chi connectivity index (χ0n) is 11.7. The minimum Gasteiger partial charge on any atom is -0.394 e. The van der Waals surface area contributed by atoms with E-state index < -0.39 is 0 Å². The smallest absolute Gasteiger partial charge is 0.0628 e. The molecule has 18 heavy (non-hydrogen) atoms. The van der Waals surface area contributed by atoms with Crippen LogP contribution in [0.2, 0.25) is 0 Å². The van der Waals surface area contributed by atoms with Crippen LogP contribution < -0.4 is 5.32 Å². The molecule has 1 heterocycles. The summed E-state index contributed by atoms with van der Waals surface area (Å²) in [4.78, 5) is 2.62. The molecule has 0 aromatic carbocycles. The second-order valence-electron chi connectivity index (χ2n) is 7.01. The number of aliphatic hydroxyl groups excluding tert-OH is 1. The van der Waals surface area contributed by atoms with Gasteiger partial charge in [0.15, 0.2) is 0 Å². The maximum Gasteiger partial charge on any atom is 0.0628 e. The number of likely N-dealkylation sites (tertiary alicyclic amines) is 1. The van der Waals surface area contributed by atoms with Crippen LogP contribution in [0.4, 0.5) is 0 Å². The number of nitrogens with zero attached hydrogens (tertiary/aromatic N) is 1. The Labute approximate surface area is 111 Å². The van der Waals surface area contributed by atoms with Gasteiger partial charge in [-0.3, -0.25) is 0 Å². The van der Waals surface area contributed by atoms with Crippen molar-refractivity contribution >= 4 is 0 Å². The van der Waals surface area contributed by atoms with E-state index in [2.05, 4.69) is 10.2 Å². The molecule has 1 atom stereocenters. The zero-order chi connectivity index (χ0) is 12.6. The lowest BCUT2D eigenvalue weighted by Crippen LogP contribution is -2.56. The highest BCUT2D eigenvalue weighted by Crippen LogP contribution is 2.46. The van der Waals surface area contributed by atoms with Crippen LogP contribution in [0.3, 0.4) is 0 Å². The minimum absolute atomic E-state index is 0.0237. The summed E-state index contributed by atoms with van der Waals surface area (Å²) in [5.74, 6) is 0.702. The van der Waals surface area contributed by atoms with Gasteiger partial charge in [0.25, 0.3) is 0 Å². The van der Waals surface area contributed by atoms with E-state index in [0.29, 0.717) is 11.3 Å². The Morgan fingerprint density at radius 1 is 1.28 bits per heavy atom. The summed E-state index contributed by atoms with van der Waals surface area (Å²) in [6, 6.07) is 0. The summed E-state index contributed by atoms with van der Waals surface area (Å²) in [5, 5.41) is 13.3. The van der Waals surface area contributed by atoms with E-state index in [0.717, 1.165) is 6.54 Å². The number of likely N-dealkylation sites (N-methyl/N-ethyl adjacent to an activating group) is 1. The fourth-order valence-electron chi connectivity index (χ4n) is 4.40. The molecule has 0 radical (unpaired) electrons. The van der Waals surface area contributed by atoms with Crippen LogP contribution in [0.15, 0.2) is 0 Å². The van der Waals surface area contributed by atoms with Gasteiger partial charge in [-0.15, -0.1) is 0 Å². The SMILES string of the molecule is CNC(CO)(CN1CCC2(CCCC2)C1)C1CC1. The largest absolute Gasteiger partial charge is 0.394 e. The van der Waals surface area contributed by atoms with Crippen molar-refractivity contribution in [2.75, 3.05) is 33.3 Å². The minimum atomic E-state index is -0.0237. The Hall–Kier alpha value is -0.120. The molecular weight excluding hydrogens is 224 g/mol. The summed E-state index contributed by atoms with van der Waals surface area (Å²) in [6.45, 7) is 3.86. The normalized spacial score (nSPS) is 31.0. The van der Waals surface area contributed by atoms with Crippen LogP contribution in [0.1, 0.15) is 44.9 Å². The molecule has 3 rings (SSSR count). The van der Waals surface area contributed by atoms with Crippen LogP contribution in [-0.2, 0) is 0 Å². The third-order valence-corrected chi connectivity index (χ3v) is 5.83. The molecule has 3 nitrogen and oxygen atoms in total. The molecule has 0 aromatic rings. The van der Waals surface area contributed by atoms with E-state index in [9.17, 15) is 5.11 Å². The molecule has 104 valence electrons. The first-order valence-electron chi connectivity index (χ1n) is 7.74. The predicted octanol–water partition coefficient (Wildman–Crippen LogP) is 1.61. The Morgan fingerprint density at radius 2 is 2.00 bits per heavy atom. The Bertz CT molecular complexity index is 291. The fraction of sp³-hybridized carbons (Fsp3) is 1.00. The summed E-state index contributed by atoms with van der Waals surface area (Å²) in [7, 11) is 2.02. The van der Waals surface area contributed by atoms with Crippen molar-refractivity contribution in [3.8, 4) is 0 Å². The summed E-state index contributed by atoms with van der Waals surface area (Å²) >= 11 is 0. The molecule has 0 bridgehead atoms. The molecule has 3 aliphatic rings. The molecule has 2 aliphatic carbocycles.